The van der Waals surface area contributed by atoms with Crippen molar-refractivity contribution in [2.75, 3.05) is 24.2 Å². The summed E-state index contributed by atoms with van der Waals surface area (Å²) in [5, 5.41) is 33.2. The Bertz CT molecular complexity index is 972. The van der Waals surface area contributed by atoms with Gasteiger partial charge in [-0.3, -0.25) is 4.57 Å². The zero-order valence-corrected chi connectivity index (χ0v) is 15.3. The van der Waals surface area contributed by atoms with Crippen LogP contribution < -0.4 is 11.1 Å². The predicted octanol–water partition coefficient (Wildman–Crippen LogP) is -0.987. The maximum Gasteiger partial charge on any atom is 0.207 e. The van der Waals surface area contributed by atoms with Crippen molar-refractivity contribution in [2.45, 2.75) is 31.0 Å². The number of anilines is 2. The molecule has 0 spiro atoms. The maximum atomic E-state index is 10.5. The van der Waals surface area contributed by atoms with Crippen molar-refractivity contribution in [3.8, 4) is 0 Å². The maximum absolute atomic E-state index is 10.5. The Labute approximate surface area is 160 Å². The van der Waals surface area contributed by atoms with E-state index in [1.807, 2.05) is 29.9 Å². The molecule has 3 aromatic heterocycles. The van der Waals surface area contributed by atoms with Gasteiger partial charge in [0.25, 0.3) is 0 Å². The minimum absolute atomic E-state index is 0.195. The molecule has 4 heterocycles. The van der Waals surface area contributed by atoms with Gasteiger partial charge in [-0.2, -0.15) is 0 Å². The lowest BCUT2D eigenvalue weighted by atomic mass is 10.1. The zero-order chi connectivity index (χ0) is 19.8. The number of aromatic nitrogens is 5. The number of aliphatic hydroxyl groups is 3. The van der Waals surface area contributed by atoms with E-state index in [0.717, 1.165) is 12.1 Å². The van der Waals surface area contributed by atoms with Crippen molar-refractivity contribution < 1.29 is 20.1 Å². The normalized spacial score (nSPS) is 24.9. The van der Waals surface area contributed by atoms with Gasteiger partial charge in [-0.15, -0.1) is 0 Å². The van der Waals surface area contributed by atoms with Gasteiger partial charge in [0.1, 0.15) is 24.6 Å². The molecule has 0 radical (unpaired) electrons. The molecule has 1 aliphatic rings. The van der Waals surface area contributed by atoms with Crippen molar-refractivity contribution in [1.29, 1.82) is 0 Å². The molecule has 0 aromatic carbocycles. The Morgan fingerprint density at radius 1 is 1.29 bits per heavy atom. The number of ether oxygens (including phenoxy) is 1. The van der Waals surface area contributed by atoms with Crippen LogP contribution in [0, 0.1) is 0 Å². The molecule has 1 aliphatic heterocycles. The molecule has 0 saturated carbocycles. The third-order valence-electron chi connectivity index (χ3n) is 4.99. The van der Waals surface area contributed by atoms with Crippen LogP contribution in [0.3, 0.4) is 0 Å². The minimum atomic E-state index is -1.26. The number of nitrogen functional groups attached to an aromatic ring is 1. The van der Waals surface area contributed by atoms with Gasteiger partial charge in [-0.1, -0.05) is 0 Å². The number of fused-ring (bicyclic) bond motifs is 1. The standard InChI is InChI=1S/C17H23N7O4/c1-23-6-2-3-9(23)4-5-19-17-22-11-14(18)20-8-21-15(11)24(17)16-13(27)12(26)10(7-25)28-16/h2-3,6,8,10,12-13,16,25-27H,4-5,7H2,1H3,(H,19,22)(H2,18,20,21)/t10-,12-,13-,16-/m1/s1. The van der Waals surface area contributed by atoms with Crippen LogP contribution in [0.5, 0.6) is 0 Å². The Hall–Kier alpha value is -2.73. The van der Waals surface area contributed by atoms with E-state index in [-0.39, 0.29) is 5.82 Å². The fourth-order valence-corrected chi connectivity index (χ4v) is 3.44. The summed E-state index contributed by atoms with van der Waals surface area (Å²) in [7, 11) is 1.97. The van der Waals surface area contributed by atoms with Crippen LogP contribution in [-0.4, -0.2) is 70.9 Å². The number of nitrogens with one attached hydrogen (secondary N) is 1. The second-order valence-corrected chi connectivity index (χ2v) is 6.75. The Kier molecular flexibility index (Phi) is 4.89. The molecule has 4 atom stereocenters. The van der Waals surface area contributed by atoms with Crippen LogP contribution in [0.2, 0.25) is 0 Å². The van der Waals surface area contributed by atoms with Gasteiger partial charge < -0.3 is 35.7 Å². The highest BCUT2D eigenvalue weighted by Gasteiger charge is 2.45. The van der Waals surface area contributed by atoms with Crippen LogP contribution in [0.1, 0.15) is 11.9 Å². The molecule has 6 N–H and O–H groups in total. The first-order valence-corrected chi connectivity index (χ1v) is 8.96. The number of imidazole rings is 1. The molecule has 0 amide bonds. The summed E-state index contributed by atoms with van der Waals surface area (Å²) in [6.45, 7) is 0.137. The fraction of sp³-hybridized carbons (Fsp3) is 0.471. The van der Waals surface area contributed by atoms with Gasteiger partial charge in [0.15, 0.2) is 23.2 Å². The van der Waals surface area contributed by atoms with E-state index in [1.54, 1.807) is 4.57 Å². The number of nitrogens with two attached hydrogens (primary N) is 1. The highest BCUT2D eigenvalue weighted by molar-refractivity contribution is 5.84. The average Bonchev–Trinajstić information content (AvgIpc) is 3.34. The van der Waals surface area contributed by atoms with Gasteiger partial charge in [0.2, 0.25) is 5.95 Å². The van der Waals surface area contributed by atoms with Gasteiger partial charge in [-0.25, -0.2) is 15.0 Å². The van der Waals surface area contributed by atoms with Crippen LogP contribution in [0.4, 0.5) is 11.8 Å². The van der Waals surface area contributed by atoms with E-state index in [2.05, 4.69) is 20.3 Å². The molecule has 0 bridgehead atoms. The summed E-state index contributed by atoms with van der Waals surface area (Å²) in [5.74, 6) is 0.576. The summed E-state index contributed by atoms with van der Waals surface area (Å²) >= 11 is 0. The van der Waals surface area contributed by atoms with Crippen LogP contribution >= 0.6 is 0 Å². The number of nitrogens with zero attached hydrogens (tertiary/aromatic N) is 5. The summed E-state index contributed by atoms with van der Waals surface area (Å²) < 4.78 is 9.24. The lowest BCUT2D eigenvalue weighted by Gasteiger charge is -2.19. The molecule has 28 heavy (non-hydrogen) atoms. The summed E-state index contributed by atoms with van der Waals surface area (Å²) in [6.07, 6.45) is -0.381. The Morgan fingerprint density at radius 3 is 2.79 bits per heavy atom. The third kappa shape index (κ3) is 3.07. The van der Waals surface area contributed by atoms with Crippen molar-refractivity contribution in [3.05, 3.63) is 30.4 Å². The monoisotopic (exact) mass is 389 g/mol. The van der Waals surface area contributed by atoms with E-state index in [1.165, 1.54) is 6.33 Å². The number of aliphatic hydroxyl groups excluding tert-OH is 3. The van der Waals surface area contributed by atoms with E-state index in [4.69, 9.17) is 10.5 Å². The smallest absolute Gasteiger partial charge is 0.207 e. The molecule has 0 aliphatic carbocycles. The lowest BCUT2D eigenvalue weighted by Crippen LogP contribution is -2.33. The van der Waals surface area contributed by atoms with Crippen molar-refractivity contribution in [3.63, 3.8) is 0 Å². The van der Waals surface area contributed by atoms with Crippen LogP contribution in [0.15, 0.2) is 24.7 Å². The molecule has 1 saturated heterocycles. The van der Waals surface area contributed by atoms with Gasteiger partial charge in [0, 0.05) is 31.9 Å². The molecule has 4 rings (SSSR count). The van der Waals surface area contributed by atoms with E-state index in [9.17, 15) is 15.3 Å². The molecule has 3 aromatic rings. The highest BCUT2D eigenvalue weighted by atomic mass is 16.6. The first-order chi connectivity index (χ1) is 13.5. The zero-order valence-electron chi connectivity index (χ0n) is 15.3. The quantitative estimate of drug-likeness (QED) is 0.357. The SMILES string of the molecule is Cn1cccc1CCNc1nc2c(N)ncnc2n1[C@@H]1O[C@H](CO)[C@@H](O)[C@H]1O. The second kappa shape index (κ2) is 7.36. The van der Waals surface area contributed by atoms with Crippen molar-refractivity contribution >= 4 is 22.9 Å². The largest absolute Gasteiger partial charge is 0.394 e. The number of rotatable bonds is 6. The number of hydrogen-bond acceptors (Lipinski definition) is 9. The van der Waals surface area contributed by atoms with E-state index >= 15 is 0 Å². The van der Waals surface area contributed by atoms with Crippen molar-refractivity contribution in [2.24, 2.45) is 7.05 Å². The van der Waals surface area contributed by atoms with E-state index in [0.29, 0.717) is 23.7 Å². The van der Waals surface area contributed by atoms with Gasteiger partial charge >= 0.3 is 0 Å². The number of aryl methyl sites for hydroxylation is 1. The Balaban J connectivity index is 1.67. The lowest BCUT2D eigenvalue weighted by molar-refractivity contribution is -0.0501. The summed E-state index contributed by atoms with van der Waals surface area (Å²) in [4.78, 5) is 12.6. The minimum Gasteiger partial charge on any atom is -0.394 e. The van der Waals surface area contributed by atoms with Gasteiger partial charge in [-0.05, 0) is 12.1 Å². The molecule has 11 heteroatoms. The average molecular weight is 389 g/mol. The highest BCUT2D eigenvalue weighted by Crippen LogP contribution is 2.35. The fourth-order valence-electron chi connectivity index (χ4n) is 3.44. The van der Waals surface area contributed by atoms with Crippen molar-refractivity contribution in [1.82, 2.24) is 24.1 Å². The van der Waals surface area contributed by atoms with E-state index < -0.39 is 31.1 Å². The first-order valence-electron chi connectivity index (χ1n) is 8.96. The van der Waals surface area contributed by atoms with Crippen LogP contribution in [-0.2, 0) is 18.2 Å². The molecule has 1 fully saturated rings. The first kappa shape index (κ1) is 18.6. The van der Waals surface area contributed by atoms with Crippen LogP contribution in [0.25, 0.3) is 11.2 Å². The number of hydrogen-bond donors (Lipinski definition) is 5. The molecular formula is C17H23N7O4. The predicted molar refractivity (Wildman–Crippen MR) is 100 cm³/mol. The third-order valence-corrected chi connectivity index (χ3v) is 4.99. The second-order valence-electron chi connectivity index (χ2n) is 6.75. The summed E-state index contributed by atoms with van der Waals surface area (Å²) in [6, 6.07) is 4.00. The van der Waals surface area contributed by atoms with Gasteiger partial charge in [0.05, 0.1) is 6.61 Å². The molecule has 0 unspecified atom stereocenters. The topological polar surface area (TPSA) is 156 Å². The molecule has 11 nitrogen and oxygen atoms in total. The molecular weight excluding hydrogens is 366 g/mol. The Morgan fingerprint density at radius 2 is 2.11 bits per heavy atom. The molecule has 150 valence electrons. The summed E-state index contributed by atoms with van der Waals surface area (Å²) in [5.41, 5.74) is 7.80.